The number of nitrogens with two attached hydrogens (primary N) is 1. The number of hydroxylamine groups is 1. The molecule has 0 spiro atoms. The fraction of sp³-hybridized carbons (Fsp3) is 0.909. The Labute approximate surface area is 91.5 Å². The van der Waals surface area contributed by atoms with Gasteiger partial charge in [0.1, 0.15) is 0 Å². The first-order chi connectivity index (χ1) is 6.88. The Kier molecular flexibility index (Phi) is 4.11. The first kappa shape index (κ1) is 12.5. The third-order valence-electron chi connectivity index (χ3n) is 2.60. The van der Waals surface area contributed by atoms with Crippen LogP contribution < -0.4 is 11.2 Å². The molecule has 0 atom stereocenters. The van der Waals surface area contributed by atoms with E-state index >= 15 is 0 Å². The molecule has 1 rings (SSSR count). The van der Waals surface area contributed by atoms with E-state index in [0.717, 1.165) is 25.7 Å². The van der Waals surface area contributed by atoms with Crippen molar-refractivity contribution in [1.82, 2.24) is 5.48 Å². The van der Waals surface area contributed by atoms with Gasteiger partial charge >= 0.3 is 0 Å². The van der Waals surface area contributed by atoms with Gasteiger partial charge in [-0.15, -0.1) is 0 Å². The zero-order valence-electron chi connectivity index (χ0n) is 9.88. The van der Waals surface area contributed by atoms with Crippen LogP contribution in [0.2, 0.25) is 0 Å². The number of nitrogens with one attached hydrogen (secondary N) is 1. The molecule has 1 aliphatic rings. The van der Waals surface area contributed by atoms with Crippen molar-refractivity contribution in [3.05, 3.63) is 0 Å². The molecule has 15 heavy (non-hydrogen) atoms. The summed E-state index contributed by atoms with van der Waals surface area (Å²) >= 11 is 0. The Balaban J connectivity index is 2.29. The molecule has 0 saturated heterocycles. The number of hydrogen-bond acceptors (Lipinski definition) is 3. The molecule has 3 N–H and O–H groups in total. The van der Waals surface area contributed by atoms with Crippen molar-refractivity contribution in [3.8, 4) is 0 Å². The van der Waals surface area contributed by atoms with Gasteiger partial charge in [-0.3, -0.25) is 9.63 Å². The minimum absolute atomic E-state index is 0.00294. The second kappa shape index (κ2) is 4.94. The van der Waals surface area contributed by atoms with Crippen LogP contribution in [0, 0.1) is 5.92 Å². The van der Waals surface area contributed by atoms with E-state index in [4.69, 9.17) is 10.6 Å². The maximum absolute atomic E-state index is 11.7. The number of rotatable bonds is 2. The molecule has 4 heteroatoms. The molecule has 0 aliphatic heterocycles. The quantitative estimate of drug-likeness (QED) is 0.682. The number of hydrogen-bond donors (Lipinski definition) is 2. The van der Waals surface area contributed by atoms with Crippen LogP contribution in [-0.4, -0.2) is 17.6 Å². The van der Waals surface area contributed by atoms with Crippen molar-refractivity contribution in [2.24, 2.45) is 11.7 Å². The zero-order valence-corrected chi connectivity index (χ0v) is 9.88. The molecular weight excluding hydrogens is 192 g/mol. The topological polar surface area (TPSA) is 64.3 Å². The smallest absolute Gasteiger partial charge is 0.246 e. The Morgan fingerprint density at radius 1 is 1.27 bits per heavy atom. The monoisotopic (exact) mass is 214 g/mol. The van der Waals surface area contributed by atoms with Gasteiger partial charge in [0, 0.05) is 12.0 Å². The van der Waals surface area contributed by atoms with Gasteiger partial charge < -0.3 is 5.73 Å². The van der Waals surface area contributed by atoms with Crippen LogP contribution in [0.15, 0.2) is 0 Å². The zero-order chi connectivity index (χ0) is 11.5. The maximum atomic E-state index is 11.7. The molecular formula is C11H22N2O2. The molecule has 1 fully saturated rings. The van der Waals surface area contributed by atoms with Crippen molar-refractivity contribution in [2.75, 3.05) is 0 Å². The van der Waals surface area contributed by atoms with Gasteiger partial charge in [-0.1, -0.05) is 0 Å². The van der Waals surface area contributed by atoms with Crippen LogP contribution in [0.25, 0.3) is 0 Å². The van der Waals surface area contributed by atoms with E-state index in [1.54, 1.807) is 0 Å². The van der Waals surface area contributed by atoms with E-state index in [-0.39, 0.29) is 23.5 Å². The molecule has 1 saturated carbocycles. The first-order valence-corrected chi connectivity index (χ1v) is 5.62. The molecule has 0 heterocycles. The molecule has 1 amide bonds. The summed E-state index contributed by atoms with van der Waals surface area (Å²) in [5.74, 6) is 0.0731. The summed E-state index contributed by atoms with van der Waals surface area (Å²) in [5.41, 5.74) is 7.97. The highest BCUT2D eigenvalue weighted by molar-refractivity contribution is 5.77. The maximum Gasteiger partial charge on any atom is 0.246 e. The third-order valence-corrected chi connectivity index (χ3v) is 2.60. The van der Waals surface area contributed by atoms with Gasteiger partial charge in [-0.2, -0.15) is 0 Å². The Morgan fingerprint density at radius 2 is 1.80 bits per heavy atom. The molecule has 0 aromatic carbocycles. The van der Waals surface area contributed by atoms with Crippen molar-refractivity contribution >= 4 is 5.91 Å². The van der Waals surface area contributed by atoms with E-state index in [2.05, 4.69) is 5.48 Å². The van der Waals surface area contributed by atoms with E-state index in [1.807, 2.05) is 20.8 Å². The summed E-state index contributed by atoms with van der Waals surface area (Å²) in [4.78, 5) is 16.9. The summed E-state index contributed by atoms with van der Waals surface area (Å²) in [7, 11) is 0. The SMILES string of the molecule is CC(C)(C)ONC(=O)C1CCC(N)CC1. The molecule has 0 unspecified atom stereocenters. The highest BCUT2D eigenvalue weighted by Gasteiger charge is 2.25. The Hall–Kier alpha value is -0.610. The largest absolute Gasteiger partial charge is 0.328 e. The van der Waals surface area contributed by atoms with Gasteiger partial charge in [0.05, 0.1) is 5.60 Å². The fourth-order valence-corrected chi connectivity index (χ4v) is 1.67. The highest BCUT2D eigenvalue weighted by Crippen LogP contribution is 2.23. The molecule has 88 valence electrons. The standard InChI is InChI=1S/C11H22N2O2/c1-11(2,3)15-13-10(14)8-4-6-9(12)7-5-8/h8-9H,4-7,12H2,1-3H3,(H,13,14). The van der Waals surface area contributed by atoms with Gasteiger partial charge in [0.15, 0.2) is 0 Å². The van der Waals surface area contributed by atoms with E-state index < -0.39 is 0 Å². The van der Waals surface area contributed by atoms with Crippen LogP contribution >= 0.6 is 0 Å². The van der Waals surface area contributed by atoms with Gasteiger partial charge in [-0.05, 0) is 46.5 Å². The highest BCUT2D eigenvalue weighted by atomic mass is 16.7. The summed E-state index contributed by atoms with van der Waals surface area (Å²) in [6.07, 6.45) is 3.63. The second-order valence-corrected chi connectivity index (χ2v) is 5.29. The first-order valence-electron chi connectivity index (χ1n) is 5.62. The molecule has 0 aromatic heterocycles. The minimum Gasteiger partial charge on any atom is -0.328 e. The van der Waals surface area contributed by atoms with Crippen LogP contribution in [-0.2, 0) is 9.63 Å². The molecule has 1 aliphatic carbocycles. The Morgan fingerprint density at radius 3 is 2.27 bits per heavy atom. The minimum atomic E-state index is -0.333. The molecule has 0 bridgehead atoms. The van der Waals surface area contributed by atoms with Crippen LogP contribution in [0.1, 0.15) is 46.5 Å². The van der Waals surface area contributed by atoms with Gasteiger partial charge in [-0.25, -0.2) is 5.48 Å². The molecule has 0 aromatic rings. The lowest BCUT2D eigenvalue weighted by molar-refractivity contribution is -0.150. The number of carbonyl (C=O) groups excluding carboxylic acids is 1. The van der Waals surface area contributed by atoms with E-state index in [9.17, 15) is 4.79 Å². The van der Waals surface area contributed by atoms with Crippen molar-refractivity contribution in [3.63, 3.8) is 0 Å². The van der Waals surface area contributed by atoms with Crippen LogP contribution in [0.5, 0.6) is 0 Å². The van der Waals surface area contributed by atoms with Gasteiger partial charge in [0.2, 0.25) is 5.91 Å². The van der Waals surface area contributed by atoms with Crippen molar-refractivity contribution < 1.29 is 9.63 Å². The van der Waals surface area contributed by atoms with Crippen LogP contribution in [0.4, 0.5) is 0 Å². The molecule has 4 nitrogen and oxygen atoms in total. The van der Waals surface area contributed by atoms with Crippen molar-refractivity contribution in [2.45, 2.75) is 58.1 Å². The summed E-state index contributed by atoms with van der Waals surface area (Å²) < 4.78 is 0. The average Bonchev–Trinajstić information content (AvgIpc) is 2.14. The lowest BCUT2D eigenvalue weighted by Crippen LogP contribution is -2.39. The predicted octanol–water partition coefficient (Wildman–Crippen LogP) is 1.35. The third kappa shape index (κ3) is 4.62. The summed E-state index contributed by atoms with van der Waals surface area (Å²) in [6.45, 7) is 5.72. The number of carbonyl (C=O) groups is 1. The molecule has 0 radical (unpaired) electrons. The fourth-order valence-electron chi connectivity index (χ4n) is 1.67. The Bertz CT molecular complexity index is 215. The van der Waals surface area contributed by atoms with Crippen LogP contribution in [0.3, 0.4) is 0 Å². The van der Waals surface area contributed by atoms with Crippen molar-refractivity contribution in [1.29, 1.82) is 0 Å². The predicted molar refractivity (Wildman–Crippen MR) is 58.9 cm³/mol. The van der Waals surface area contributed by atoms with E-state index in [0.29, 0.717) is 0 Å². The second-order valence-electron chi connectivity index (χ2n) is 5.29. The average molecular weight is 214 g/mol. The van der Waals surface area contributed by atoms with E-state index in [1.165, 1.54) is 0 Å². The summed E-state index contributed by atoms with van der Waals surface area (Å²) in [6, 6.07) is 0.276. The normalized spacial score (nSPS) is 27.5. The summed E-state index contributed by atoms with van der Waals surface area (Å²) in [5, 5.41) is 0. The number of amides is 1. The lowest BCUT2D eigenvalue weighted by atomic mass is 9.86. The van der Waals surface area contributed by atoms with Gasteiger partial charge in [0.25, 0.3) is 0 Å². The lowest BCUT2D eigenvalue weighted by Gasteiger charge is -2.26.